The van der Waals surface area contributed by atoms with Gasteiger partial charge in [0.25, 0.3) is 0 Å². The predicted molar refractivity (Wildman–Crippen MR) is 71.3 cm³/mol. The molecule has 2 aliphatic heterocycles. The molecule has 0 aromatic heterocycles. The summed E-state index contributed by atoms with van der Waals surface area (Å²) in [5.74, 6) is 0.906. The topological polar surface area (TPSA) is 15.7 Å². The average molecular weight is 240 g/mol. The number of ether oxygens (including phenoxy) is 1. The number of piperidine rings is 2. The van der Waals surface area contributed by atoms with E-state index in [1.165, 1.54) is 65.0 Å². The molecule has 0 bridgehead atoms. The Morgan fingerprint density at radius 3 is 2.35 bits per heavy atom. The molecule has 3 heteroatoms. The molecule has 0 radical (unpaired) electrons. The number of methoxy groups -OCH3 is 1. The van der Waals surface area contributed by atoms with E-state index in [-0.39, 0.29) is 0 Å². The minimum atomic E-state index is 0.515. The lowest BCUT2D eigenvalue weighted by atomic mass is 10.0. The lowest BCUT2D eigenvalue weighted by Gasteiger charge is -2.35. The van der Waals surface area contributed by atoms with Gasteiger partial charge in [-0.1, -0.05) is 6.92 Å². The Bertz CT molecular complexity index is 214. The fraction of sp³-hybridized carbons (Fsp3) is 1.00. The molecule has 1 atom stereocenters. The molecule has 2 aliphatic rings. The second kappa shape index (κ2) is 6.72. The van der Waals surface area contributed by atoms with Crippen LogP contribution in [0.15, 0.2) is 0 Å². The summed E-state index contributed by atoms with van der Waals surface area (Å²) in [4.78, 5) is 5.26. The molecule has 0 saturated carbocycles. The first kappa shape index (κ1) is 13.3. The van der Waals surface area contributed by atoms with E-state index in [0.717, 1.165) is 5.92 Å². The van der Waals surface area contributed by atoms with E-state index in [2.05, 4.69) is 16.7 Å². The van der Waals surface area contributed by atoms with E-state index in [0.29, 0.717) is 6.10 Å². The highest BCUT2D eigenvalue weighted by Gasteiger charge is 2.20. The van der Waals surface area contributed by atoms with Crippen LogP contribution in [0.5, 0.6) is 0 Å². The normalized spacial score (nSPS) is 29.6. The molecular formula is C14H28N2O. The van der Waals surface area contributed by atoms with Crippen LogP contribution in [0.2, 0.25) is 0 Å². The molecule has 3 nitrogen and oxygen atoms in total. The summed E-state index contributed by atoms with van der Waals surface area (Å²) in [5, 5.41) is 0. The van der Waals surface area contributed by atoms with Crippen molar-refractivity contribution in [2.24, 2.45) is 5.92 Å². The summed E-state index contributed by atoms with van der Waals surface area (Å²) < 4.78 is 5.41. The van der Waals surface area contributed by atoms with E-state index in [9.17, 15) is 0 Å². The van der Waals surface area contributed by atoms with Crippen LogP contribution in [-0.2, 0) is 4.74 Å². The zero-order valence-electron chi connectivity index (χ0n) is 11.5. The van der Waals surface area contributed by atoms with E-state index in [1.807, 2.05) is 7.11 Å². The van der Waals surface area contributed by atoms with Crippen LogP contribution in [0.4, 0.5) is 0 Å². The van der Waals surface area contributed by atoms with Crippen molar-refractivity contribution in [3.63, 3.8) is 0 Å². The number of hydrogen-bond donors (Lipinski definition) is 0. The van der Waals surface area contributed by atoms with E-state index >= 15 is 0 Å². The van der Waals surface area contributed by atoms with E-state index < -0.39 is 0 Å². The van der Waals surface area contributed by atoms with Gasteiger partial charge in [0.05, 0.1) is 6.10 Å². The third-order valence-corrected chi connectivity index (χ3v) is 4.34. The zero-order valence-corrected chi connectivity index (χ0v) is 11.5. The van der Waals surface area contributed by atoms with Gasteiger partial charge < -0.3 is 14.5 Å². The lowest BCUT2D eigenvalue weighted by molar-refractivity contribution is 0.0367. The first-order chi connectivity index (χ1) is 8.28. The van der Waals surface area contributed by atoms with Gasteiger partial charge in [0.15, 0.2) is 0 Å². The average Bonchev–Trinajstić information content (AvgIpc) is 2.37. The fourth-order valence-electron chi connectivity index (χ4n) is 3.14. The largest absolute Gasteiger partial charge is 0.381 e. The third kappa shape index (κ3) is 4.23. The Hall–Kier alpha value is -0.120. The summed E-state index contributed by atoms with van der Waals surface area (Å²) in [7, 11) is 1.84. The van der Waals surface area contributed by atoms with Crippen molar-refractivity contribution < 1.29 is 4.74 Å². The first-order valence-electron chi connectivity index (χ1n) is 7.25. The lowest BCUT2D eigenvalue weighted by Crippen LogP contribution is -2.43. The standard InChI is InChI=1S/C14H28N2O/c1-13-4-3-7-16(12-13)11-10-15-8-5-14(17-2)6-9-15/h13-14H,3-12H2,1-2H3/t13-/m0/s1. The van der Waals surface area contributed by atoms with E-state index in [1.54, 1.807) is 0 Å². The molecule has 2 saturated heterocycles. The maximum atomic E-state index is 5.41. The van der Waals surface area contributed by atoms with Crippen molar-refractivity contribution in [3.8, 4) is 0 Å². The van der Waals surface area contributed by atoms with Crippen molar-refractivity contribution >= 4 is 0 Å². The fourth-order valence-corrected chi connectivity index (χ4v) is 3.14. The number of hydrogen-bond acceptors (Lipinski definition) is 3. The SMILES string of the molecule is COC1CCN(CCN2CCC[C@H](C)C2)CC1. The van der Waals surface area contributed by atoms with Crippen molar-refractivity contribution in [1.29, 1.82) is 0 Å². The minimum absolute atomic E-state index is 0.515. The van der Waals surface area contributed by atoms with Crippen LogP contribution >= 0.6 is 0 Å². The highest BCUT2D eigenvalue weighted by Crippen LogP contribution is 2.16. The predicted octanol–water partition coefficient (Wildman–Crippen LogP) is 1.83. The second-order valence-corrected chi connectivity index (χ2v) is 5.82. The van der Waals surface area contributed by atoms with Gasteiger partial charge in [-0.05, 0) is 38.1 Å². The van der Waals surface area contributed by atoms with Gasteiger partial charge >= 0.3 is 0 Å². The Morgan fingerprint density at radius 2 is 1.71 bits per heavy atom. The Kier molecular flexibility index (Phi) is 5.26. The molecule has 0 spiro atoms. The van der Waals surface area contributed by atoms with Crippen LogP contribution in [0.25, 0.3) is 0 Å². The summed E-state index contributed by atoms with van der Waals surface area (Å²) in [6.45, 7) is 9.98. The van der Waals surface area contributed by atoms with Crippen molar-refractivity contribution in [2.45, 2.75) is 38.7 Å². The molecule has 2 rings (SSSR count). The highest BCUT2D eigenvalue weighted by atomic mass is 16.5. The van der Waals surface area contributed by atoms with Crippen molar-refractivity contribution in [1.82, 2.24) is 9.80 Å². The van der Waals surface area contributed by atoms with Gasteiger partial charge in [0.2, 0.25) is 0 Å². The maximum absolute atomic E-state index is 5.41. The molecule has 0 amide bonds. The van der Waals surface area contributed by atoms with Crippen LogP contribution in [0.3, 0.4) is 0 Å². The molecule has 2 heterocycles. The van der Waals surface area contributed by atoms with E-state index in [4.69, 9.17) is 4.74 Å². The summed E-state index contributed by atoms with van der Waals surface area (Å²) in [5.41, 5.74) is 0. The Labute approximate surface area is 106 Å². The third-order valence-electron chi connectivity index (χ3n) is 4.34. The smallest absolute Gasteiger partial charge is 0.0595 e. The summed E-state index contributed by atoms with van der Waals surface area (Å²) in [6.07, 6.45) is 5.77. The Balaban J connectivity index is 1.62. The number of likely N-dealkylation sites (tertiary alicyclic amines) is 2. The molecule has 0 aliphatic carbocycles. The van der Waals surface area contributed by atoms with Crippen LogP contribution in [0.1, 0.15) is 32.6 Å². The number of rotatable bonds is 4. The van der Waals surface area contributed by atoms with Gasteiger partial charge in [-0.3, -0.25) is 0 Å². The summed E-state index contributed by atoms with van der Waals surface area (Å²) in [6, 6.07) is 0. The monoisotopic (exact) mass is 240 g/mol. The Morgan fingerprint density at radius 1 is 1.00 bits per heavy atom. The molecule has 100 valence electrons. The van der Waals surface area contributed by atoms with Gasteiger partial charge in [0.1, 0.15) is 0 Å². The first-order valence-corrected chi connectivity index (χ1v) is 7.25. The summed E-state index contributed by atoms with van der Waals surface area (Å²) >= 11 is 0. The molecule has 0 N–H and O–H groups in total. The molecule has 0 unspecified atom stereocenters. The molecule has 2 fully saturated rings. The van der Waals surface area contributed by atoms with Gasteiger partial charge in [-0.2, -0.15) is 0 Å². The van der Waals surface area contributed by atoms with Gasteiger partial charge in [-0.15, -0.1) is 0 Å². The molecule has 17 heavy (non-hydrogen) atoms. The second-order valence-electron chi connectivity index (χ2n) is 5.82. The van der Waals surface area contributed by atoms with Gasteiger partial charge in [-0.25, -0.2) is 0 Å². The highest BCUT2D eigenvalue weighted by molar-refractivity contribution is 4.75. The number of nitrogens with zero attached hydrogens (tertiary/aromatic N) is 2. The minimum Gasteiger partial charge on any atom is -0.381 e. The van der Waals surface area contributed by atoms with Crippen molar-refractivity contribution in [2.75, 3.05) is 46.4 Å². The molecule has 0 aromatic rings. The molecular weight excluding hydrogens is 212 g/mol. The molecule has 0 aromatic carbocycles. The van der Waals surface area contributed by atoms with Crippen LogP contribution in [-0.4, -0.2) is 62.3 Å². The zero-order chi connectivity index (χ0) is 12.1. The van der Waals surface area contributed by atoms with Crippen LogP contribution < -0.4 is 0 Å². The van der Waals surface area contributed by atoms with Crippen molar-refractivity contribution in [3.05, 3.63) is 0 Å². The quantitative estimate of drug-likeness (QED) is 0.745. The van der Waals surface area contributed by atoms with Gasteiger partial charge in [0, 0.05) is 39.8 Å². The van der Waals surface area contributed by atoms with Crippen LogP contribution in [0, 0.1) is 5.92 Å². The maximum Gasteiger partial charge on any atom is 0.0595 e.